The zero-order chi connectivity index (χ0) is 45.8. The molecule has 0 aromatic rings. The summed E-state index contributed by atoms with van der Waals surface area (Å²) in [6.45, 7) is 6.10. The molecule has 1 unspecified atom stereocenters. The van der Waals surface area contributed by atoms with Crippen LogP contribution in [-0.4, -0.2) is 37.2 Å². The SMILES string of the molecule is CC\C=C/C=C\C=C/C=C\C=C\C=C/CCCCCC(=O)OCC(COC(=O)CCCCC\C=C/C=C\C=C/C=C\CC)OC(=O)CCCCCCCCC\C=C/C=C\C=C/CC. The Bertz CT molecular complexity index is 1510. The van der Waals surface area contributed by atoms with E-state index in [-0.39, 0.29) is 44.0 Å². The van der Waals surface area contributed by atoms with E-state index in [1.165, 1.54) is 19.3 Å². The highest BCUT2D eigenvalue weighted by Gasteiger charge is 2.19. The predicted molar refractivity (Wildman–Crippen MR) is 269 cm³/mol. The van der Waals surface area contributed by atoms with Crippen LogP contribution >= 0.6 is 0 Å². The van der Waals surface area contributed by atoms with Crippen LogP contribution in [0.5, 0.6) is 0 Å². The van der Waals surface area contributed by atoms with Gasteiger partial charge in [0.15, 0.2) is 6.10 Å². The first-order valence-electron chi connectivity index (χ1n) is 24.2. The Morgan fingerprint density at radius 3 is 0.905 bits per heavy atom. The van der Waals surface area contributed by atoms with Gasteiger partial charge in [-0.15, -0.1) is 0 Å². The highest BCUT2D eigenvalue weighted by molar-refractivity contribution is 5.71. The molecule has 0 aromatic carbocycles. The van der Waals surface area contributed by atoms with E-state index in [9.17, 15) is 14.4 Å². The fraction of sp³-hybridized carbons (Fsp3) is 0.491. The largest absolute Gasteiger partial charge is 0.462 e. The summed E-state index contributed by atoms with van der Waals surface area (Å²) in [4.78, 5) is 37.9. The number of allylic oxidation sites excluding steroid dienone is 26. The van der Waals surface area contributed by atoms with Gasteiger partial charge in [-0.05, 0) is 77.0 Å². The number of carbonyl (C=O) groups is 3. The number of rotatable bonds is 40. The molecule has 0 saturated heterocycles. The summed E-state index contributed by atoms with van der Waals surface area (Å²) in [5.41, 5.74) is 0. The Hall–Kier alpha value is -4.97. The topological polar surface area (TPSA) is 78.9 Å². The van der Waals surface area contributed by atoms with Crippen LogP contribution in [-0.2, 0) is 28.6 Å². The van der Waals surface area contributed by atoms with Crippen LogP contribution in [0.4, 0.5) is 0 Å². The van der Waals surface area contributed by atoms with Gasteiger partial charge in [-0.1, -0.05) is 224 Å². The maximum atomic E-state index is 12.8. The molecule has 6 nitrogen and oxygen atoms in total. The lowest BCUT2D eigenvalue weighted by molar-refractivity contribution is -0.167. The van der Waals surface area contributed by atoms with Crippen molar-refractivity contribution in [2.75, 3.05) is 13.2 Å². The van der Waals surface area contributed by atoms with E-state index >= 15 is 0 Å². The van der Waals surface area contributed by atoms with Crippen LogP contribution in [0.1, 0.15) is 162 Å². The zero-order valence-corrected chi connectivity index (χ0v) is 39.5. The van der Waals surface area contributed by atoms with Crippen LogP contribution in [0.2, 0.25) is 0 Å². The Balaban J connectivity index is 4.60. The maximum absolute atomic E-state index is 12.8. The van der Waals surface area contributed by atoms with E-state index < -0.39 is 6.10 Å². The summed E-state index contributed by atoms with van der Waals surface area (Å²) in [6.07, 6.45) is 72.2. The molecule has 63 heavy (non-hydrogen) atoms. The number of esters is 3. The van der Waals surface area contributed by atoms with Gasteiger partial charge < -0.3 is 14.2 Å². The summed E-state index contributed by atoms with van der Waals surface area (Å²) in [5.74, 6) is -1.04. The average molecular weight is 865 g/mol. The molecule has 0 fully saturated rings. The molecule has 0 N–H and O–H groups in total. The monoisotopic (exact) mass is 865 g/mol. The predicted octanol–water partition coefficient (Wildman–Crippen LogP) is 15.9. The maximum Gasteiger partial charge on any atom is 0.306 e. The molecule has 0 saturated carbocycles. The molecule has 0 amide bonds. The van der Waals surface area contributed by atoms with Crippen LogP contribution in [0.15, 0.2) is 158 Å². The fourth-order valence-electron chi connectivity index (χ4n) is 5.78. The second kappa shape index (κ2) is 49.7. The van der Waals surface area contributed by atoms with E-state index in [0.717, 1.165) is 96.3 Å². The van der Waals surface area contributed by atoms with Crippen molar-refractivity contribution in [1.29, 1.82) is 0 Å². The van der Waals surface area contributed by atoms with Crippen molar-refractivity contribution >= 4 is 17.9 Å². The van der Waals surface area contributed by atoms with Crippen molar-refractivity contribution < 1.29 is 28.6 Å². The molecule has 0 radical (unpaired) electrons. The van der Waals surface area contributed by atoms with Crippen LogP contribution in [0, 0.1) is 0 Å². The lowest BCUT2D eigenvalue weighted by Gasteiger charge is -2.18. The highest BCUT2D eigenvalue weighted by atomic mass is 16.6. The minimum Gasteiger partial charge on any atom is -0.462 e. The molecule has 0 aromatic heterocycles. The zero-order valence-electron chi connectivity index (χ0n) is 39.5. The molecule has 348 valence electrons. The molecule has 0 aliphatic carbocycles. The summed E-state index contributed by atoms with van der Waals surface area (Å²) in [6, 6.07) is 0. The third-order valence-electron chi connectivity index (χ3n) is 9.33. The van der Waals surface area contributed by atoms with Gasteiger partial charge >= 0.3 is 17.9 Å². The second-order valence-corrected chi connectivity index (χ2v) is 15.2. The van der Waals surface area contributed by atoms with Gasteiger partial charge in [0.2, 0.25) is 0 Å². The summed E-state index contributed by atoms with van der Waals surface area (Å²) in [5, 5.41) is 0. The van der Waals surface area contributed by atoms with Crippen molar-refractivity contribution in [2.24, 2.45) is 0 Å². The minimum atomic E-state index is -0.827. The molecule has 6 heteroatoms. The fourth-order valence-corrected chi connectivity index (χ4v) is 5.78. The Morgan fingerprint density at radius 1 is 0.317 bits per heavy atom. The Labute approximate surface area is 384 Å². The molecule has 0 aliphatic rings. The average Bonchev–Trinajstić information content (AvgIpc) is 3.28. The number of carbonyl (C=O) groups excluding carboxylic acids is 3. The molecule has 0 heterocycles. The molecular weight excluding hydrogens is 781 g/mol. The van der Waals surface area contributed by atoms with Crippen molar-refractivity contribution in [3.05, 3.63) is 158 Å². The van der Waals surface area contributed by atoms with Gasteiger partial charge in [-0.3, -0.25) is 14.4 Å². The lowest BCUT2D eigenvalue weighted by Crippen LogP contribution is -2.30. The molecule has 0 aliphatic heterocycles. The van der Waals surface area contributed by atoms with Gasteiger partial charge in [-0.25, -0.2) is 0 Å². The van der Waals surface area contributed by atoms with Crippen molar-refractivity contribution in [2.45, 2.75) is 168 Å². The first-order valence-corrected chi connectivity index (χ1v) is 24.2. The van der Waals surface area contributed by atoms with Crippen molar-refractivity contribution in [3.63, 3.8) is 0 Å². The van der Waals surface area contributed by atoms with Crippen LogP contribution in [0.25, 0.3) is 0 Å². The summed E-state index contributed by atoms with van der Waals surface area (Å²) >= 11 is 0. The number of ether oxygens (including phenoxy) is 3. The van der Waals surface area contributed by atoms with Gasteiger partial charge in [0.25, 0.3) is 0 Å². The number of hydrogen-bond donors (Lipinski definition) is 0. The van der Waals surface area contributed by atoms with E-state index in [4.69, 9.17) is 14.2 Å². The van der Waals surface area contributed by atoms with Gasteiger partial charge in [0.1, 0.15) is 13.2 Å². The molecular formula is C57H84O6. The van der Waals surface area contributed by atoms with E-state index in [1.807, 2.05) is 97.2 Å². The van der Waals surface area contributed by atoms with E-state index in [1.54, 1.807) is 0 Å². The first-order chi connectivity index (χ1) is 31.0. The summed E-state index contributed by atoms with van der Waals surface area (Å²) < 4.78 is 16.7. The highest BCUT2D eigenvalue weighted by Crippen LogP contribution is 2.12. The molecule has 0 spiro atoms. The number of unbranched alkanes of at least 4 members (excludes halogenated alkanes) is 13. The Kier molecular flexibility index (Phi) is 45.8. The van der Waals surface area contributed by atoms with Crippen molar-refractivity contribution in [1.82, 2.24) is 0 Å². The van der Waals surface area contributed by atoms with E-state index in [0.29, 0.717) is 12.8 Å². The molecule has 1 atom stereocenters. The molecule has 0 bridgehead atoms. The second-order valence-electron chi connectivity index (χ2n) is 15.2. The third-order valence-corrected chi connectivity index (χ3v) is 9.33. The normalized spacial score (nSPS) is 13.5. The third kappa shape index (κ3) is 47.9. The minimum absolute atomic E-state index is 0.126. The Morgan fingerprint density at radius 2 is 0.571 bits per heavy atom. The number of hydrogen-bond acceptors (Lipinski definition) is 6. The van der Waals surface area contributed by atoms with Crippen molar-refractivity contribution in [3.8, 4) is 0 Å². The molecule has 0 rings (SSSR count). The van der Waals surface area contributed by atoms with Gasteiger partial charge in [0, 0.05) is 19.3 Å². The quantitative estimate of drug-likeness (QED) is 0.0264. The van der Waals surface area contributed by atoms with Crippen LogP contribution < -0.4 is 0 Å². The van der Waals surface area contributed by atoms with Crippen LogP contribution in [0.3, 0.4) is 0 Å². The lowest BCUT2D eigenvalue weighted by atomic mass is 10.1. The first kappa shape index (κ1) is 58.0. The van der Waals surface area contributed by atoms with Gasteiger partial charge in [0.05, 0.1) is 0 Å². The standard InChI is InChI=1S/C57H84O6/c1-4-7-10-13-16-19-22-25-27-28-30-32-35-38-41-44-47-50-56(59)62-53-54(52-61-55(58)49-46-43-40-37-34-31-24-21-18-15-12-9-6-3)63-57(60)51-48-45-42-39-36-33-29-26-23-20-17-14-11-8-5-2/h7-25,27-28,30-32,34-35,54H,4-6,26,29,33,36-53H2,1-3H3/b10-7-,11-8-,12-9-,16-13-,17-14-,18-15-,22-19-,23-20-,24-21-,27-25-,30-28+,34-31-,35-32-. The summed E-state index contributed by atoms with van der Waals surface area (Å²) in [7, 11) is 0. The smallest absolute Gasteiger partial charge is 0.306 e. The van der Waals surface area contributed by atoms with E-state index in [2.05, 4.69) is 81.5 Å². The van der Waals surface area contributed by atoms with Gasteiger partial charge in [-0.2, -0.15) is 0 Å².